The lowest BCUT2D eigenvalue weighted by Crippen LogP contribution is -2.33. The van der Waals surface area contributed by atoms with Gasteiger partial charge in [0.25, 0.3) is 0 Å². The Labute approximate surface area is 111 Å². The van der Waals surface area contributed by atoms with Crippen LogP contribution in [0, 0.1) is 5.92 Å². The molecule has 2 atom stereocenters. The summed E-state index contributed by atoms with van der Waals surface area (Å²) >= 11 is 0. The largest absolute Gasteiger partial charge is 0.328 e. The van der Waals surface area contributed by atoms with E-state index in [-0.39, 0.29) is 29.5 Å². The van der Waals surface area contributed by atoms with Gasteiger partial charge in [-0.25, -0.2) is 8.42 Å². The van der Waals surface area contributed by atoms with Crippen LogP contribution in [0.4, 0.5) is 0 Å². The first-order valence-electron chi connectivity index (χ1n) is 6.02. The quantitative estimate of drug-likeness (QED) is 0.815. The van der Waals surface area contributed by atoms with Gasteiger partial charge in [-0.3, -0.25) is 0 Å². The smallest absolute Gasteiger partial charge is 0.153 e. The van der Waals surface area contributed by atoms with E-state index in [1.165, 1.54) is 0 Å². The lowest BCUT2D eigenvalue weighted by Gasteiger charge is -2.18. The molecule has 4 nitrogen and oxygen atoms in total. The van der Waals surface area contributed by atoms with Crippen molar-refractivity contribution < 1.29 is 8.42 Å². The highest BCUT2D eigenvalue weighted by Crippen LogP contribution is 2.18. The van der Waals surface area contributed by atoms with Gasteiger partial charge in [0.1, 0.15) is 0 Å². The fourth-order valence-corrected chi connectivity index (χ4v) is 2.97. The molecule has 0 aromatic heterocycles. The fourth-order valence-electron chi connectivity index (χ4n) is 1.99. The van der Waals surface area contributed by atoms with Crippen molar-refractivity contribution in [3.63, 3.8) is 0 Å². The third-order valence-corrected chi connectivity index (χ3v) is 5.65. The first kappa shape index (κ1) is 17.2. The Bertz CT molecular complexity index is 317. The van der Waals surface area contributed by atoms with Crippen LogP contribution in [0.25, 0.3) is 0 Å². The van der Waals surface area contributed by atoms with Gasteiger partial charge in [0, 0.05) is 19.1 Å². The first-order chi connectivity index (χ1) is 7.33. The van der Waals surface area contributed by atoms with Crippen LogP contribution in [0.3, 0.4) is 0 Å². The van der Waals surface area contributed by atoms with Gasteiger partial charge in [-0.2, -0.15) is 0 Å². The van der Waals surface area contributed by atoms with Crippen molar-refractivity contribution in [1.82, 2.24) is 4.90 Å². The molecule has 0 aliphatic carbocycles. The van der Waals surface area contributed by atoms with Crippen LogP contribution in [-0.2, 0) is 9.84 Å². The lowest BCUT2D eigenvalue weighted by molar-refractivity contribution is 0.332. The SMILES string of the molecule is CC(N)C1CCN(CCS(=O)(=O)C(C)C)C1.Cl. The number of nitrogens with zero attached hydrogens (tertiary/aromatic N) is 1. The van der Waals surface area contributed by atoms with E-state index in [4.69, 9.17) is 5.73 Å². The molecule has 2 N–H and O–H groups in total. The van der Waals surface area contributed by atoms with Gasteiger partial charge in [0.15, 0.2) is 9.84 Å². The molecular formula is C11H25ClN2O2S. The monoisotopic (exact) mass is 284 g/mol. The summed E-state index contributed by atoms with van der Waals surface area (Å²) < 4.78 is 23.3. The normalized spacial score (nSPS) is 23.7. The van der Waals surface area contributed by atoms with Crippen LogP contribution in [0.15, 0.2) is 0 Å². The Kier molecular flexibility index (Phi) is 6.99. The average molecular weight is 285 g/mol. The van der Waals surface area contributed by atoms with Gasteiger partial charge in [0.05, 0.1) is 11.0 Å². The Hall–Kier alpha value is 0.160. The molecule has 0 spiro atoms. The van der Waals surface area contributed by atoms with Gasteiger partial charge in [0.2, 0.25) is 0 Å². The van der Waals surface area contributed by atoms with Crippen molar-refractivity contribution >= 4 is 22.2 Å². The maximum Gasteiger partial charge on any atom is 0.153 e. The number of hydrogen-bond donors (Lipinski definition) is 1. The highest BCUT2D eigenvalue weighted by Gasteiger charge is 2.26. The first-order valence-corrected chi connectivity index (χ1v) is 7.74. The minimum atomic E-state index is -2.90. The van der Waals surface area contributed by atoms with Crippen molar-refractivity contribution in [3.8, 4) is 0 Å². The van der Waals surface area contributed by atoms with Crippen molar-refractivity contribution in [2.75, 3.05) is 25.4 Å². The molecule has 17 heavy (non-hydrogen) atoms. The van der Waals surface area contributed by atoms with Crippen LogP contribution in [-0.4, -0.2) is 50.0 Å². The highest BCUT2D eigenvalue weighted by molar-refractivity contribution is 7.92. The van der Waals surface area contributed by atoms with Gasteiger partial charge < -0.3 is 10.6 Å². The average Bonchev–Trinajstić information content (AvgIpc) is 2.63. The molecule has 0 amide bonds. The van der Waals surface area contributed by atoms with Crippen LogP contribution >= 0.6 is 12.4 Å². The zero-order valence-corrected chi connectivity index (χ0v) is 12.6. The Morgan fingerprint density at radius 1 is 1.35 bits per heavy atom. The number of nitrogens with two attached hydrogens (primary N) is 1. The Balaban J connectivity index is 0.00000256. The zero-order valence-electron chi connectivity index (χ0n) is 10.9. The van der Waals surface area contributed by atoms with E-state index in [0.29, 0.717) is 12.5 Å². The van der Waals surface area contributed by atoms with Gasteiger partial charge >= 0.3 is 0 Å². The summed E-state index contributed by atoms with van der Waals surface area (Å²) in [6, 6.07) is 0.215. The molecule has 0 bridgehead atoms. The minimum absolute atomic E-state index is 0. The van der Waals surface area contributed by atoms with Crippen LogP contribution < -0.4 is 5.73 Å². The number of rotatable bonds is 5. The zero-order chi connectivity index (χ0) is 12.3. The van der Waals surface area contributed by atoms with Crippen molar-refractivity contribution in [1.29, 1.82) is 0 Å². The van der Waals surface area contributed by atoms with Crippen LogP contribution in [0.1, 0.15) is 27.2 Å². The second kappa shape index (κ2) is 6.92. The lowest BCUT2D eigenvalue weighted by atomic mass is 10.0. The molecule has 104 valence electrons. The Morgan fingerprint density at radius 3 is 2.35 bits per heavy atom. The number of likely N-dealkylation sites (tertiary alicyclic amines) is 1. The van der Waals surface area contributed by atoms with E-state index >= 15 is 0 Å². The standard InChI is InChI=1S/C11H24N2O2S.ClH/c1-9(2)16(14,15)7-6-13-5-4-11(8-13)10(3)12;/h9-11H,4-8,12H2,1-3H3;1H. The van der Waals surface area contributed by atoms with Crippen molar-refractivity contribution in [3.05, 3.63) is 0 Å². The maximum absolute atomic E-state index is 11.7. The minimum Gasteiger partial charge on any atom is -0.328 e. The molecule has 0 radical (unpaired) electrons. The van der Waals surface area contributed by atoms with Crippen molar-refractivity contribution in [2.24, 2.45) is 11.7 Å². The van der Waals surface area contributed by atoms with E-state index < -0.39 is 9.84 Å². The van der Waals surface area contributed by atoms with Gasteiger partial charge in [-0.05, 0) is 39.7 Å². The second-order valence-electron chi connectivity index (χ2n) is 5.12. The van der Waals surface area contributed by atoms with Gasteiger partial charge in [-0.15, -0.1) is 12.4 Å². The summed E-state index contributed by atoms with van der Waals surface area (Å²) in [7, 11) is -2.90. The van der Waals surface area contributed by atoms with Crippen LogP contribution in [0.2, 0.25) is 0 Å². The summed E-state index contributed by atoms with van der Waals surface area (Å²) in [5.74, 6) is 0.804. The molecule has 1 fully saturated rings. The summed E-state index contributed by atoms with van der Waals surface area (Å²) in [6.07, 6.45) is 1.10. The summed E-state index contributed by atoms with van der Waals surface area (Å²) in [4.78, 5) is 2.22. The predicted octanol–water partition coefficient (Wildman–Crippen LogP) is 0.901. The number of sulfone groups is 1. The third-order valence-electron chi connectivity index (χ3n) is 3.46. The molecule has 1 heterocycles. The molecule has 2 unspecified atom stereocenters. The van der Waals surface area contributed by atoms with Gasteiger partial charge in [-0.1, -0.05) is 0 Å². The Morgan fingerprint density at radius 2 is 1.94 bits per heavy atom. The van der Waals surface area contributed by atoms with E-state index in [9.17, 15) is 8.42 Å². The van der Waals surface area contributed by atoms with Crippen molar-refractivity contribution in [2.45, 2.75) is 38.5 Å². The van der Waals surface area contributed by atoms with E-state index in [2.05, 4.69) is 4.90 Å². The molecule has 0 aromatic carbocycles. The molecule has 1 saturated heterocycles. The maximum atomic E-state index is 11.7. The molecule has 0 saturated carbocycles. The van der Waals surface area contributed by atoms with E-state index in [1.54, 1.807) is 13.8 Å². The molecule has 1 aliphatic heterocycles. The molecular weight excluding hydrogens is 260 g/mol. The molecule has 1 rings (SSSR count). The van der Waals surface area contributed by atoms with E-state index in [1.807, 2.05) is 6.92 Å². The topological polar surface area (TPSA) is 63.4 Å². The summed E-state index contributed by atoms with van der Waals surface area (Å²) in [6.45, 7) is 8.10. The number of hydrogen-bond acceptors (Lipinski definition) is 4. The van der Waals surface area contributed by atoms with E-state index in [0.717, 1.165) is 19.5 Å². The molecule has 0 aromatic rings. The number of halogens is 1. The third kappa shape index (κ3) is 5.12. The highest BCUT2D eigenvalue weighted by atomic mass is 35.5. The molecule has 6 heteroatoms. The molecule has 1 aliphatic rings. The van der Waals surface area contributed by atoms with Crippen LogP contribution in [0.5, 0.6) is 0 Å². The summed E-state index contributed by atoms with van der Waals surface area (Å²) in [5, 5.41) is -0.265. The predicted molar refractivity (Wildman–Crippen MR) is 74.4 cm³/mol. The second-order valence-corrected chi connectivity index (χ2v) is 7.80. The summed E-state index contributed by atoms with van der Waals surface area (Å²) in [5.41, 5.74) is 5.85. The fraction of sp³-hybridized carbons (Fsp3) is 1.00.